The van der Waals surface area contributed by atoms with Gasteiger partial charge in [0.1, 0.15) is 11.6 Å². The first-order valence-corrected chi connectivity index (χ1v) is 6.03. The summed E-state index contributed by atoms with van der Waals surface area (Å²) in [4.78, 5) is 12.0. The number of carbonyl (C=O) groups is 1. The Labute approximate surface area is 122 Å². The van der Waals surface area contributed by atoms with Crippen molar-refractivity contribution in [3.05, 3.63) is 34.9 Å². The Kier molecular flexibility index (Phi) is 5.86. The zero-order valence-electron chi connectivity index (χ0n) is 11.2. The maximum absolute atomic E-state index is 13.6. The number of nitrogens with one attached hydrogen (secondary N) is 2. The summed E-state index contributed by atoms with van der Waals surface area (Å²) in [5.41, 5.74) is 0.0834. The highest BCUT2D eigenvalue weighted by Crippen LogP contribution is 2.15. The lowest BCUT2D eigenvalue weighted by Crippen LogP contribution is -2.43. The third kappa shape index (κ3) is 3.45. The molecule has 0 aliphatic carbocycles. The third-order valence-corrected chi connectivity index (χ3v) is 3.27. The normalized spacial score (nSPS) is 21.4. The van der Waals surface area contributed by atoms with E-state index in [9.17, 15) is 13.6 Å². The molecule has 0 saturated carbocycles. The maximum Gasteiger partial charge on any atom is 0.254 e. The van der Waals surface area contributed by atoms with Gasteiger partial charge in [0.25, 0.3) is 5.91 Å². The minimum absolute atomic E-state index is 0. The Morgan fingerprint density at radius 1 is 1.35 bits per heavy atom. The molecule has 0 aromatic heterocycles. The first-order chi connectivity index (χ1) is 9.02. The van der Waals surface area contributed by atoms with Crippen LogP contribution < -0.4 is 10.6 Å². The van der Waals surface area contributed by atoms with E-state index in [4.69, 9.17) is 4.74 Å². The molecule has 4 nitrogen and oxygen atoms in total. The predicted octanol–water partition coefficient (Wildman–Crippen LogP) is 1.41. The molecule has 112 valence electrons. The fourth-order valence-corrected chi connectivity index (χ4v) is 2.12. The molecule has 2 N–H and O–H groups in total. The van der Waals surface area contributed by atoms with E-state index in [1.54, 1.807) is 7.11 Å². The van der Waals surface area contributed by atoms with Crippen LogP contribution in [0.4, 0.5) is 8.78 Å². The van der Waals surface area contributed by atoms with E-state index in [0.717, 1.165) is 6.07 Å². The van der Waals surface area contributed by atoms with Gasteiger partial charge in [-0.3, -0.25) is 4.79 Å². The van der Waals surface area contributed by atoms with Crippen molar-refractivity contribution in [2.24, 2.45) is 0 Å². The van der Waals surface area contributed by atoms with E-state index in [2.05, 4.69) is 10.6 Å². The molecule has 0 radical (unpaired) electrons. The van der Waals surface area contributed by atoms with Gasteiger partial charge in [0.05, 0.1) is 17.7 Å². The Bertz CT molecular complexity index is 500. The maximum atomic E-state index is 13.6. The number of amides is 1. The number of benzene rings is 1. The average molecular weight is 307 g/mol. The van der Waals surface area contributed by atoms with Gasteiger partial charge in [-0.05, 0) is 18.6 Å². The van der Waals surface area contributed by atoms with Crippen LogP contribution in [-0.4, -0.2) is 38.3 Å². The number of halogens is 3. The summed E-state index contributed by atoms with van der Waals surface area (Å²) in [6, 6.07) is 1.72. The summed E-state index contributed by atoms with van der Waals surface area (Å²) < 4.78 is 31.9. The second-order valence-corrected chi connectivity index (χ2v) is 4.59. The van der Waals surface area contributed by atoms with Crippen molar-refractivity contribution in [1.29, 1.82) is 0 Å². The summed E-state index contributed by atoms with van der Waals surface area (Å²) >= 11 is 0. The molecule has 1 saturated heterocycles. The van der Waals surface area contributed by atoms with Crippen molar-refractivity contribution in [3.8, 4) is 0 Å². The molecule has 20 heavy (non-hydrogen) atoms. The van der Waals surface area contributed by atoms with Gasteiger partial charge in [0.15, 0.2) is 0 Å². The predicted molar refractivity (Wildman–Crippen MR) is 73.3 cm³/mol. The SMILES string of the molecule is CO[C@H]1CNCC1NC(=O)c1cc(C)c(F)cc1F.Cl. The van der Waals surface area contributed by atoms with Crippen LogP contribution in [0.1, 0.15) is 15.9 Å². The van der Waals surface area contributed by atoms with E-state index in [1.807, 2.05) is 0 Å². The molecule has 1 unspecified atom stereocenters. The number of carbonyl (C=O) groups excluding carboxylic acids is 1. The average Bonchev–Trinajstić information content (AvgIpc) is 2.80. The third-order valence-electron chi connectivity index (χ3n) is 3.27. The zero-order chi connectivity index (χ0) is 14.0. The summed E-state index contributed by atoms with van der Waals surface area (Å²) in [5.74, 6) is -2.08. The van der Waals surface area contributed by atoms with Crippen LogP contribution in [0.2, 0.25) is 0 Å². The van der Waals surface area contributed by atoms with E-state index < -0.39 is 17.5 Å². The molecule has 7 heteroatoms. The van der Waals surface area contributed by atoms with Crippen LogP contribution >= 0.6 is 12.4 Å². The lowest BCUT2D eigenvalue weighted by Gasteiger charge is -2.18. The van der Waals surface area contributed by atoms with Crippen LogP contribution in [-0.2, 0) is 4.74 Å². The van der Waals surface area contributed by atoms with E-state index in [-0.39, 0.29) is 35.7 Å². The van der Waals surface area contributed by atoms with E-state index in [0.29, 0.717) is 13.1 Å². The quantitative estimate of drug-likeness (QED) is 0.888. The Hall–Kier alpha value is -1.24. The molecule has 1 aliphatic heterocycles. The van der Waals surface area contributed by atoms with Crippen LogP contribution in [0.3, 0.4) is 0 Å². The summed E-state index contributed by atoms with van der Waals surface area (Å²) in [7, 11) is 1.56. The van der Waals surface area contributed by atoms with Gasteiger partial charge in [-0.2, -0.15) is 0 Å². The van der Waals surface area contributed by atoms with Gasteiger partial charge in [0.2, 0.25) is 0 Å². The van der Waals surface area contributed by atoms with Gasteiger partial charge >= 0.3 is 0 Å². The van der Waals surface area contributed by atoms with Crippen molar-refractivity contribution in [2.45, 2.75) is 19.1 Å². The van der Waals surface area contributed by atoms with Gasteiger partial charge in [-0.1, -0.05) is 0 Å². The number of aryl methyl sites for hydroxylation is 1. The van der Waals surface area contributed by atoms with Crippen LogP contribution in [0.15, 0.2) is 12.1 Å². The molecule has 0 bridgehead atoms. The summed E-state index contributed by atoms with van der Waals surface area (Å²) in [5, 5.41) is 5.77. The van der Waals surface area contributed by atoms with Gasteiger partial charge < -0.3 is 15.4 Å². The van der Waals surface area contributed by atoms with Crippen molar-refractivity contribution in [2.75, 3.05) is 20.2 Å². The molecule has 1 amide bonds. The monoisotopic (exact) mass is 306 g/mol. The summed E-state index contributed by atoms with van der Waals surface area (Å²) in [6.45, 7) is 2.68. The second-order valence-electron chi connectivity index (χ2n) is 4.59. The minimum Gasteiger partial charge on any atom is -0.378 e. The molecular formula is C13H17ClF2N2O2. The molecule has 1 aromatic carbocycles. The Morgan fingerprint density at radius 2 is 2.05 bits per heavy atom. The standard InChI is InChI=1S/C13H16F2N2O2.ClH/c1-7-3-8(10(15)4-9(7)14)13(18)17-11-5-16-6-12(11)19-2;/h3-4,11-12,16H,5-6H2,1-2H3,(H,17,18);1H/t11?,12-;/m0./s1. The Morgan fingerprint density at radius 3 is 2.70 bits per heavy atom. The highest BCUT2D eigenvalue weighted by atomic mass is 35.5. The molecule has 2 rings (SSSR count). The number of hydrogen-bond acceptors (Lipinski definition) is 3. The number of methoxy groups -OCH3 is 1. The first kappa shape index (κ1) is 16.8. The fourth-order valence-electron chi connectivity index (χ4n) is 2.12. The largest absolute Gasteiger partial charge is 0.378 e. The fraction of sp³-hybridized carbons (Fsp3) is 0.462. The molecule has 1 heterocycles. The molecular weight excluding hydrogens is 290 g/mol. The Balaban J connectivity index is 0.00000200. The van der Waals surface area contributed by atoms with Crippen LogP contribution in [0.5, 0.6) is 0 Å². The molecule has 0 spiro atoms. The first-order valence-electron chi connectivity index (χ1n) is 6.03. The topological polar surface area (TPSA) is 50.4 Å². The van der Waals surface area contributed by atoms with Crippen molar-refractivity contribution >= 4 is 18.3 Å². The smallest absolute Gasteiger partial charge is 0.254 e. The second kappa shape index (κ2) is 6.97. The molecule has 1 aromatic rings. The number of hydrogen-bond donors (Lipinski definition) is 2. The summed E-state index contributed by atoms with van der Waals surface area (Å²) in [6.07, 6.45) is -0.145. The molecule has 1 aliphatic rings. The lowest BCUT2D eigenvalue weighted by atomic mass is 10.1. The number of ether oxygens (including phenoxy) is 1. The van der Waals surface area contributed by atoms with Crippen LogP contribution in [0, 0.1) is 18.6 Å². The molecule has 1 fully saturated rings. The van der Waals surface area contributed by atoms with Crippen LogP contribution in [0.25, 0.3) is 0 Å². The highest BCUT2D eigenvalue weighted by Gasteiger charge is 2.29. The van der Waals surface area contributed by atoms with Crippen molar-refractivity contribution in [3.63, 3.8) is 0 Å². The van der Waals surface area contributed by atoms with E-state index >= 15 is 0 Å². The van der Waals surface area contributed by atoms with Gasteiger partial charge in [-0.15, -0.1) is 12.4 Å². The van der Waals surface area contributed by atoms with Crippen molar-refractivity contribution in [1.82, 2.24) is 10.6 Å². The zero-order valence-corrected chi connectivity index (χ0v) is 12.0. The number of rotatable bonds is 3. The van der Waals surface area contributed by atoms with Gasteiger partial charge in [-0.25, -0.2) is 8.78 Å². The van der Waals surface area contributed by atoms with Crippen molar-refractivity contribution < 1.29 is 18.3 Å². The molecule has 2 atom stereocenters. The van der Waals surface area contributed by atoms with E-state index in [1.165, 1.54) is 13.0 Å². The minimum atomic E-state index is -0.861. The lowest BCUT2D eigenvalue weighted by molar-refractivity contribution is 0.0777. The highest BCUT2D eigenvalue weighted by molar-refractivity contribution is 5.95. The van der Waals surface area contributed by atoms with Gasteiger partial charge in [0, 0.05) is 26.3 Å².